The molecule has 0 spiro atoms. The Hall–Kier alpha value is -2.24. The van der Waals surface area contributed by atoms with Gasteiger partial charge in [-0.15, -0.1) is 0 Å². The van der Waals surface area contributed by atoms with Crippen molar-refractivity contribution in [3.63, 3.8) is 0 Å². The Bertz CT molecular complexity index is 600. The van der Waals surface area contributed by atoms with E-state index in [-0.39, 0.29) is 11.3 Å². The number of amides is 1. The van der Waals surface area contributed by atoms with Crippen molar-refractivity contribution in [1.82, 2.24) is 5.43 Å². The van der Waals surface area contributed by atoms with Gasteiger partial charge in [0.1, 0.15) is 5.56 Å². The van der Waals surface area contributed by atoms with E-state index in [1.807, 2.05) is 0 Å². The fourth-order valence-corrected chi connectivity index (χ4v) is 3.55. The Morgan fingerprint density at radius 2 is 2.14 bits per heavy atom. The number of rotatable bonds is 4. The van der Waals surface area contributed by atoms with Crippen LogP contribution >= 0.6 is 0 Å². The summed E-state index contributed by atoms with van der Waals surface area (Å²) in [5.74, 6) is 1.41. The van der Waals surface area contributed by atoms with Gasteiger partial charge in [-0.2, -0.15) is 5.10 Å². The minimum Gasteiger partial charge on any atom is -0.267 e. The summed E-state index contributed by atoms with van der Waals surface area (Å²) in [6, 6.07) is 5.88. The number of nitro benzene ring substituents is 1. The van der Waals surface area contributed by atoms with Crippen LogP contribution in [0.1, 0.15) is 36.0 Å². The Balaban J connectivity index is 1.63. The Morgan fingerprint density at radius 3 is 2.81 bits per heavy atom. The maximum atomic E-state index is 12.0. The minimum atomic E-state index is -0.561. The number of hydrogen-bond acceptors (Lipinski definition) is 4. The standard InChI is InChI=1S/C15H17N3O3/c19-15(13-3-1-2-4-14(13)18(20)21)17-16-9-12-8-10-5-6-11(12)7-10/h1-4,9-12H,5-8H2,(H,17,19)/b16-9-/t10-,11-,12-/m0/s1. The van der Waals surface area contributed by atoms with E-state index in [1.165, 1.54) is 37.5 Å². The molecule has 1 amide bonds. The lowest BCUT2D eigenvalue weighted by molar-refractivity contribution is -0.385. The Kier molecular flexibility index (Phi) is 3.68. The van der Waals surface area contributed by atoms with Gasteiger partial charge in [-0.3, -0.25) is 14.9 Å². The SMILES string of the molecule is O=C(N/N=C\[C@@H]1C[C@H]2CC[C@H]1C2)c1ccccc1[N+](=O)[O-]. The number of fused-ring (bicyclic) bond motifs is 2. The van der Waals surface area contributed by atoms with E-state index >= 15 is 0 Å². The molecule has 1 N–H and O–H groups in total. The molecule has 0 aromatic heterocycles. The van der Waals surface area contributed by atoms with E-state index in [0.29, 0.717) is 11.8 Å². The van der Waals surface area contributed by atoms with Gasteiger partial charge in [-0.1, -0.05) is 18.6 Å². The lowest BCUT2D eigenvalue weighted by atomic mass is 9.90. The predicted octanol–water partition coefficient (Wildman–Crippen LogP) is 2.75. The molecular weight excluding hydrogens is 270 g/mol. The monoisotopic (exact) mass is 287 g/mol. The van der Waals surface area contributed by atoms with Crippen molar-refractivity contribution in [3.05, 3.63) is 39.9 Å². The highest BCUT2D eigenvalue weighted by Gasteiger charge is 2.38. The zero-order valence-electron chi connectivity index (χ0n) is 11.6. The quantitative estimate of drug-likeness (QED) is 0.525. The summed E-state index contributed by atoms with van der Waals surface area (Å²) in [6.45, 7) is 0. The van der Waals surface area contributed by atoms with Gasteiger partial charge in [-0.05, 0) is 43.1 Å². The van der Waals surface area contributed by atoms with E-state index in [1.54, 1.807) is 12.3 Å². The van der Waals surface area contributed by atoms with Crippen LogP contribution in [-0.4, -0.2) is 17.0 Å². The fraction of sp³-hybridized carbons (Fsp3) is 0.467. The number of hydrogen-bond donors (Lipinski definition) is 1. The van der Waals surface area contributed by atoms with Crippen LogP contribution in [0.2, 0.25) is 0 Å². The first-order valence-electron chi connectivity index (χ1n) is 7.22. The van der Waals surface area contributed by atoms with Crippen LogP contribution in [0.5, 0.6) is 0 Å². The number of para-hydroxylation sites is 1. The number of nitro groups is 1. The number of carbonyl (C=O) groups excluding carboxylic acids is 1. The molecule has 0 unspecified atom stereocenters. The highest BCUT2D eigenvalue weighted by Crippen LogP contribution is 2.47. The number of hydrazone groups is 1. The fourth-order valence-electron chi connectivity index (χ4n) is 3.55. The van der Waals surface area contributed by atoms with E-state index in [0.717, 1.165) is 12.3 Å². The van der Waals surface area contributed by atoms with Crippen LogP contribution in [-0.2, 0) is 0 Å². The smallest absolute Gasteiger partial charge is 0.267 e. The van der Waals surface area contributed by atoms with Gasteiger partial charge in [0.25, 0.3) is 11.6 Å². The van der Waals surface area contributed by atoms with Gasteiger partial charge in [-0.25, -0.2) is 5.43 Å². The summed E-state index contributed by atoms with van der Waals surface area (Å²) in [5, 5.41) is 14.9. The van der Waals surface area contributed by atoms with Crippen molar-refractivity contribution < 1.29 is 9.72 Å². The molecule has 1 aromatic rings. The van der Waals surface area contributed by atoms with Crippen molar-refractivity contribution in [1.29, 1.82) is 0 Å². The summed E-state index contributed by atoms with van der Waals surface area (Å²) in [4.78, 5) is 22.3. The Morgan fingerprint density at radius 1 is 1.33 bits per heavy atom. The van der Waals surface area contributed by atoms with Crippen LogP contribution in [0.3, 0.4) is 0 Å². The highest BCUT2D eigenvalue weighted by atomic mass is 16.6. The molecule has 6 nitrogen and oxygen atoms in total. The normalized spacial score (nSPS) is 27.1. The highest BCUT2D eigenvalue weighted by molar-refractivity contribution is 5.98. The van der Waals surface area contributed by atoms with E-state index in [2.05, 4.69) is 10.5 Å². The molecule has 1 aromatic carbocycles. The molecule has 0 radical (unpaired) electrons. The maximum absolute atomic E-state index is 12.0. The van der Waals surface area contributed by atoms with Crippen molar-refractivity contribution >= 4 is 17.8 Å². The number of benzene rings is 1. The van der Waals surface area contributed by atoms with Crippen LogP contribution in [0, 0.1) is 27.9 Å². The second-order valence-corrected chi connectivity index (χ2v) is 5.83. The summed E-state index contributed by atoms with van der Waals surface area (Å²) in [5.41, 5.74) is 2.24. The first kappa shape index (κ1) is 13.7. The summed E-state index contributed by atoms with van der Waals surface area (Å²) in [7, 11) is 0. The number of nitrogens with one attached hydrogen (secondary N) is 1. The van der Waals surface area contributed by atoms with Crippen LogP contribution in [0.15, 0.2) is 29.4 Å². The zero-order chi connectivity index (χ0) is 14.8. The summed E-state index contributed by atoms with van der Waals surface area (Å²) in [6.07, 6.45) is 6.79. The minimum absolute atomic E-state index is 0.0348. The Labute approximate surface area is 122 Å². The van der Waals surface area contributed by atoms with Crippen LogP contribution in [0.25, 0.3) is 0 Å². The molecule has 2 fully saturated rings. The van der Waals surface area contributed by atoms with Gasteiger partial charge in [0.15, 0.2) is 0 Å². The first-order valence-corrected chi connectivity index (χ1v) is 7.22. The second-order valence-electron chi connectivity index (χ2n) is 5.83. The average Bonchev–Trinajstić information content (AvgIpc) is 3.09. The van der Waals surface area contributed by atoms with Gasteiger partial charge in [0.05, 0.1) is 4.92 Å². The van der Waals surface area contributed by atoms with Crippen molar-refractivity contribution in [2.75, 3.05) is 0 Å². The van der Waals surface area contributed by atoms with Crippen molar-refractivity contribution in [3.8, 4) is 0 Å². The largest absolute Gasteiger partial charge is 0.282 e. The molecule has 0 heterocycles. The molecule has 21 heavy (non-hydrogen) atoms. The molecule has 0 saturated heterocycles. The van der Waals surface area contributed by atoms with Crippen molar-refractivity contribution in [2.45, 2.75) is 25.7 Å². The van der Waals surface area contributed by atoms with Gasteiger partial charge < -0.3 is 0 Å². The third-order valence-corrected chi connectivity index (χ3v) is 4.57. The first-order chi connectivity index (χ1) is 10.1. The lowest BCUT2D eigenvalue weighted by Crippen LogP contribution is -2.21. The molecule has 2 saturated carbocycles. The number of carbonyl (C=O) groups is 1. The van der Waals surface area contributed by atoms with Gasteiger partial charge in [0.2, 0.25) is 0 Å². The van der Waals surface area contributed by atoms with Gasteiger partial charge in [0, 0.05) is 12.3 Å². The van der Waals surface area contributed by atoms with Crippen LogP contribution < -0.4 is 5.43 Å². The number of nitrogens with zero attached hydrogens (tertiary/aromatic N) is 2. The van der Waals surface area contributed by atoms with Crippen molar-refractivity contribution in [2.24, 2.45) is 22.9 Å². The molecule has 6 heteroatoms. The zero-order valence-corrected chi connectivity index (χ0v) is 11.6. The second kappa shape index (κ2) is 5.63. The summed E-state index contributed by atoms with van der Waals surface area (Å²) >= 11 is 0. The van der Waals surface area contributed by atoms with Crippen LogP contribution in [0.4, 0.5) is 5.69 Å². The topological polar surface area (TPSA) is 84.6 Å². The molecular formula is C15H17N3O3. The molecule has 3 rings (SSSR count). The van der Waals surface area contributed by atoms with E-state index in [4.69, 9.17) is 0 Å². The van der Waals surface area contributed by atoms with E-state index < -0.39 is 10.8 Å². The molecule has 0 aliphatic heterocycles. The third kappa shape index (κ3) is 2.79. The molecule has 2 aliphatic carbocycles. The molecule has 2 aliphatic rings. The predicted molar refractivity (Wildman–Crippen MR) is 78.0 cm³/mol. The summed E-state index contributed by atoms with van der Waals surface area (Å²) < 4.78 is 0. The van der Waals surface area contributed by atoms with E-state index in [9.17, 15) is 14.9 Å². The molecule has 110 valence electrons. The maximum Gasteiger partial charge on any atom is 0.282 e. The lowest BCUT2D eigenvalue weighted by Gasteiger charge is -2.16. The third-order valence-electron chi connectivity index (χ3n) is 4.57. The average molecular weight is 287 g/mol. The molecule has 2 bridgehead atoms. The van der Waals surface area contributed by atoms with Gasteiger partial charge >= 0.3 is 0 Å². The molecule has 3 atom stereocenters.